The highest BCUT2D eigenvalue weighted by atomic mass is 79.9. The van der Waals surface area contributed by atoms with E-state index in [1.165, 1.54) is 5.56 Å². The number of halogens is 1. The van der Waals surface area contributed by atoms with Crippen molar-refractivity contribution in [2.45, 2.75) is 18.9 Å². The Bertz CT molecular complexity index is 643. The third kappa shape index (κ3) is 3.36. The fraction of sp³-hybridized carbons (Fsp3) is 0.294. The molecule has 3 N–H and O–H groups in total. The number of benzene rings is 2. The lowest BCUT2D eigenvalue weighted by molar-refractivity contribution is 0.398. The highest BCUT2D eigenvalue weighted by molar-refractivity contribution is 8.93. The van der Waals surface area contributed by atoms with Crippen molar-refractivity contribution < 1.29 is 14.9 Å². The molecule has 3 rings (SSSR count). The number of phenolic OH excluding ortho intramolecular Hbond substituents is 2. The first-order valence-corrected chi connectivity index (χ1v) is 7.08. The topological polar surface area (TPSA) is 61.7 Å². The molecule has 0 spiro atoms. The lowest BCUT2D eigenvalue weighted by Crippen LogP contribution is -2.31. The van der Waals surface area contributed by atoms with Crippen LogP contribution < -0.4 is 10.1 Å². The molecule has 0 saturated heterocycles. The van der Waals surface area contributed by atoms with E-state index in [1.54, 1.807) is 19.2 Å². The van der Waals surface area contributed by atoms with Crippen molar-refractivity contribution in [3.8, 4) is 17.2 Å². The number of aromatic hydroxyl groups is 2. The van der Waals surface area contributed by atoms with Gasteiger partial charge in [0.2, 0.25) is 0 Å². The predicted octanol–water partition coefficient (Wildman–Crippen LogP) is 3.11. The highest BCUT2D eigenvalue weighted by Gasteiger charge is 2.22. The first-order chi connectivity index (χ1) is 10.2. The molecule has 2 aromatic rings. The minimum atomic E-state index is -0.0582. The summed E-state index contributed by atoms with van der Waals surface area (Å²) in [5, 5.41) is 22.8. The second kappa shape index (κ2) is 7.03. The van der Waals surface area contributed by atoms with Gasteiger partial charge < -0.3 is 20.3 Å². The van der Waals surface area contributed by atoms with E-state index in [0.29, 0.717) is 0 Å². The third-order valence-electron chi connectivity index (χ3n) is 4.00. The molecule has 1 atom stereocenters. The fourth-order valence-electron chi connectivity index (χ4n) is 2.85. The monoisotopic (exact) mass is 365 g/mol. The van der Waals surface area contributed by atoms with Crippen LogP contribution in [0.4, 0.5) is 0 Å². The van der Waals surface area contributed by atoms with Crippen molar-refractivity contribution in [2.24, 2.45) is 0 Å². The van der Waals surface area contributed by atoms with Crippen LogP contribution in [0.1, 0.15) is 22.7 Å². The van der Waals surface area contributed by atoms with E-state index in [2.05, 4.69) is 17.4 Å². The summed E-state index contributed by atoms with van der Waals surface area (Å²) in [4.78, 5) is 0. The lowest BCUT2D eigenvalue weighted by atomic mass is 9.90. The van der Waals surface area contributed by atoms with Gasteiger partial charge in [-0.2, -0.15) is 0 Å². The van der Waals surface area contributed by atoms with Crippen molar-refractivity contribution in [1.29, 1.82) is 0 Å². The van der Waals surface area contributed by atoms with Crippen LogP contribution in [0.2, 0.25) is 0 Å². The minimum absolute atomic E-state index is 0. The first-order valence-electron chi connectivity index (χ1n) is 7.08. The number of nitrogens with one attached hydrogen (secondary N) is 1. The van der Waals surface area contributed by atoms with Gasteiger partial charge in [0.25, 0.3) is 0 Å². The Kier molecular flexibility index (Phi) is 5.32. The lowest BCUT2D eigenvalue weighted by Gasteiger charge is -2.27. The highest BCUT2D eigenvalue weighted by Crippen LogP contribution is 2.34. The predicted molar refractivity (Wildman–Crippen MR) is 91.2 cm³/mol. The smallest absolute Gasteiger partial charge is 0.157 e. The van der Waals surface area contributed by atoms with Crippen LogP contribution in [0.25, 0.3) is 0 Å². The van der Waals surface area contributed by atoms with Gasteiger partial charge >= 0.3 is 0 Å². The molecule has 118 valence electrons. The van der Waals surface area contributed by atoms with Crippen LogP contribution in [0.5, 0.6) is 17.2 Å². The zero-order chi connectivity index (χ0) is 14.8. The summed E-state index contributed by atoms with van der Waals surface area (Å²) in [7, 11) is 1.66. The number of fused-ring (bicyclic) bond motifs is 1. The van der Waals surface area contributed by atoms with Gasteiger partial charge in [-0.3, -0.25) is 0 Å². The molecule has 22 heavy (non-hydrogen) atoms. The van der Waals surface area contributed by atoms with Gasteiger partial charge in [0.15, 0.2) is 11.5 Å². The van der Waals surface area contributed by atoms with Crippen molar-refractivity contribution in [2.75, 3.05) is 13.7 Å². The maximum absolute atomic E-state index is 9.73. The Morgan fingerprint density at radius 3 is 2.50 bits per heavy atom. The molecule has 0 unspecified atom stereocenters. The van der Waals surface area contributed by atoms with Crippen molar-refractivity contribution in [1.82, 2.24) is 5.32 Å². The molecule has 1 heterocycles. The summed E-state index contributed by atoms with van der Waals surface area (Å²) >= 11 is 0. The summed E-state index contributed by atoms with van der Waals surface area (Å²) in [6.45, 7) is 0.873. The van der Waals surface area contributed by atoms with Crippen molar-refractivity contribution >= 4 is 17.0 Å². The Hall–Kier alpha value is -1.72. The quantitative estimate of drug-likeness (QED) is 0.731. The van der Waals surface area contributed by atoms with E-state index < -0.39 is 0 Å². The molecule has 0 aromatic heterocycles. The van der Waals surface area contributed by atoms with Gasteiger partial charge in [-0.05, 0) is 60.3 Å². The number of hydrogen-bond donors (Lipinski definition) is 3. The Labute approximate surface area is 140 Å². The van der Waals surface area contributed by atoms with E-state index in [-0.39, 0.29) is 34.5 Å². The largest absolute Gasteiger partial charge is 0.504 e. The number of hydrogen-bond acceptors (Lipinski definition) is 4. The molecule has 4 nitrogen and oxygen atoms in total. The molecule has 0 radical (unpaired) electrons. The van der Waals surface area contributed by atoms with Crippen LogP contribution in [-0.2, 0) is 12.8 Å². The molecular formula is C17H20BrNO3. The van der Waals surface area contributed by atoms with Crippen LogP contribution in [-0.4, -0.2) is 23.9 Å². The molecule has 2 aromatic carbocycles. The van der Waals surface area contributed by atoms with Gasteiger partial charge in [-0.1, -0.05) is 12.1 Å². The standard InChI is InChI=1S/C17H19NO3.BrH/c1-21-13-4-2-11(3-5-13)8-15-14-10-17(20)16(19)9-12(14)6-7-18-15;/h2-5,9-10,15,18-20H,6-8H2,1H3;1H/t15-;/m0./s1. The van der Waals surface area contributed by atoms with Crippen molar-refractivity contribution in [3.63, 3.8) is 0 Å². The Balaban J connectivity index is 0.00000176. The molecule has 1 aliphatic rings. The summed E-state index contributed by atoms with van der Waals surface area (Å²) in [6.07, 6.45) is 1.70. The van der Waals surface area contributed by atoms with E-state index in [9.17, 15) is 10.2 Å². The molecule has 0 amide bonds. The number of phenols is 2. The van der Waals surface area contributed by atoms with Gasteiger partial charge in [0, 0.05) is 6.04 Å². The van der Waals surface area contributed by atoms with Gasteiger partial charge in [-0.15, -0.1) is 17.0 Å². The molecule has 0 saturated carbocycles. The number of rotatable bonds is 3. The van der Waals surface area contributed by atoms with Crippen LogP contribution in [0, 0.1) is 0 Å². The normalized spacial score (nSPS) is 16.5. The average Bonchev–Trinajstić information content (AvgIpc) is 2.50. The fourth-order valence-corrected chi connectivity index (χ4v) is 2.85. The third-order valence-corrected chi connectivity index (χ3v) is 4.00. The average molecular weight is 366 g/mol. The molecule has 0 fully saturated rings. The van der Waals surface area contributed by atoms with Gasteiger partial charge in [0.1, 0.15) is 5.75 Å². The van der Waals surface area contributed by atoms with E-state index >= 15 is 0 Å². The van der Waals surface area contributed by atoms with Crippen LogP contribution in [0.15, 0.2) is 36.4 Å². The van der Waals surface area contributed by atoms with Crippen molar-refractivity contribution in [3.05, 3.63) is 53.1 Å². The number of ether oxygens (including phenoxy) is 1. The maximum Gasteiger partial charge on any atom is 0.157 e. The van der Waals surface area contributed by atoms with Gasteiger partial charge in [0.05, 0.1) is 7.11 Å². The first kappa shape index (κ1) is 16.6. The minimum Gasteiger partial charge on any atom is -0.504 e. The molecular weight excluding hydrogens is 346 g/mol. The summed E-state index contributed by atoms with van der Waals surface area (Å²) in [6, 6.07) is 11.5. The molecule has 0 bridgehead atoms. The van der Waals surface area contributed by atoms with E-state index in [0.717, 1.165) is 36.3 Å². The molecule has 5 heteroatoms. The van der Waals surface area contributed by atoms with E-state index in [1.807, 2.05) is 12.1 Å². The number of methoxy groups -OCH3 is 1. The zero-order valence-corrected chi connectivity index (χ0v) is 14.1. The van der Waals surface area contributed by atoms with Crippen LogP contribution in [0.3, 0.4) is 0 Å². The summed E-state index contributed by atoms with van der Waals surface area (Å²) in [5.74, 6) is 0.745. The SMILES string of the molecule is Br.COc1ccc(C[C@@H]2NCCc3cc(O)c(O)cc32)cc1. The molecule has 0 aliphatic carbocycles. The Morgan fingerprint density at radius 2 is 1.82 bits per heavy atom. The Morgan fingerprint density at radius 1 is 1.14 bits per heavy atom. The second-order valence-electron chi connectivity index (χ2n) is 5.35. The zero-order valence-electron chi connectivity index (χ0n) is 12.4. The summed E-state index contributed by atoms with van der Waals surface area (Å²) < 4.78 is 5.17. The second-order valence-corrected chi connectivity index (χ2v) is 5.35. The molecule has 1 aliphatic heterocycles. The van der Waals surface area contributed by atoms with E-state index in [4.69, 9.17) is 4.74 Å². The van der Waals surface area contributed by atoms with Gasteiger partial charge in [-0.25, -0.2) is 0 Å². The summed E-state index contributed by atoms with van der Waals surface area (Å²) in [5.41, 5.74) is 3.36. The van der Waals surface area contributed by atoms with Crippen LogP contribution >= 0.6 is 17.0 Å². The maximum atomic E-state index is 9.73.